The monoisotopic (exact) mass is 272 g/mol. The van der Waals surface area contributed by atoms with Gasteiger partial charge in [0, 0.05) is 0 Å². The maximum absolute atomic E-state index is 11.5. The Morgan fingerprint density at radius 2 is 1.58 bits per heavy atom. The minimum Gasteiger partial charge on any atom is -0.466 e. The predicted molar refractivity (Wildman–Crippen MR) is 74.8 cm³/mol. The summed E-state index contributed by atoms with van der Waals surface area (Å²) >= 11 is 0. The lowest BCUT2D eigenvalue weighted by molar-refractivity contribution is -0.153. The Kier molecular flexibility index (Phi) is 11.3. The number of rotatable bonds is 11. The molecule has 0 radical (unpaired) electrons. The van der Waals surface area contributed by atoms with Gasteiger partial charge in [-0.25, -0.2) is 0 Å². The van der Waals surface area contributed by atoms with Crippen molar-refractivity contribution in [3.05, 3.63) is 0 Å². The van der Waals surface area contributed by atoms with Crippen molar-refractivity contribution in [2.45, 2.75) is 78.2 Å². The van der Waals surface area contributed by atoms with Crippen LogP contribution >= 0.6 is 0 Å². The molecule has 1 unspecified atom stereocenters. The number of ether oxygens (including phenoxy) is 2. The molecular formula is C15H28O4. The highest BCUT2D eigenvalue weighted by Gasteiger charge is 2.12. The fraction of sp³-hybridized carbons (Fsp3) is 0.867. The average molecular weight is 272 g/mol. The van der Waals surface area contributed by atoms with Crippen molar-refractivity contribution in [2.24, 2.45) is 0 Å². The molecule has 0 saturated heterocycles. The molecule has 19 heavy (non-hydrogen) atoms. The summed E-state index contributed by atoms with van der Waals surface area (Å²) in [5, 5.41) is 0. The van der Waals surface area contributed by atoms with Crippen LogP contribution in [0.5, 0.6) is 0 Å². The van der Waals surface area contributed by atoms with E-state index in [0.29, 0.717) is 6.61 Å². The van der Waals surface area contributed by atoms with Gasteiger partial charge in [-0.15, -0.1) is 0 Å². The lowest BCUT2D eigenvalue weighted by Gasteiger charge is -2.12. The van der Waals surface area contributed by atoms with Gasteiger partial charge in [0.2, 0.25) is 0 Å². The first-order chi connectivity index (χ1) is 9.10. The lowest BCUT2D eigenvalue weighted by atomic mass is 10.2. The molecule has 0 saturated carbocycles. The van der Waals surface area contributed by atoms with Crippen LogP contribution in [0, 0.1) is 0 Å². The molecule has 1 atom stereocenters. The quantitative estimate of drug-likeness (QED) is 0.426. The fourth-order valence-electron chi connectivity index (χ4n) is 1.65. The molecule has 0 aliphatic heterocycles. The minimum absolute atomic E-state index is 0.0620. The van der Waals surface area contributed by atoms with Crippen LogP contribution in [0.15, 0.2) is 0 Å². The number of hydrogen-bond acceptors (Lipinski definition) is 4. The summed E-state index contributed by atoms with van der Waals surface area (Å²) in [6.45, 7) is 6.53. The van der Waals surface area contributed by atoms with Crippen molar-refractivity contribution in [3.8, 4) is 0 Å². The zero-order chi connectivity index (χ0) is 14.5. The lowest BCUT2D eigenvalue weighted by Crippen LogP contribution is -2.16. The van der Waals surface area contributed by atoms with E-state index in [1.807, 2.05) is 6.92 Å². The molecule has 0 spiro atoms. The van der Waals surface area contributed by atoms with Gasteiger partial charge in [-0.2, -0.15) is 0 Å². The van der Waals surface area contributed by atoms with Crippen molar-refractivity contribution in [1.29, 1.82) is 0 Å². The third kappa shape index (κ3) is 11.7. The number of unbranched alkanes of at least 4 members (excludes halogenated alkanes) is 3. The van der Waals surface area contributed by atoms with Crippen LogP contribution in [0.2, 0.25) is 0 Å². The number of esters is 2. The van der Waals surface area contributed by atoms with Crippen LogP contribution in [-0.4, -0.2) is 24.6 Å². The van der Waals surface area contributed by atoms with Gasteiger partial charge in [0.1, 0.15) is 0 Å². The smallest absolute Gasteiger partial charge is 0.306 e. The molecule has 0 fully saturated rings. The molecule has 0 bridgehead atoms. The van der Waals surface area contributed by atoms with Crippen molar-refractivity contribution >= 4 is 11.9 Å². The Labute approximate surface area is 116 Å². The molecule has 0 amide bonds. The van der Waals surface area contributed by atoms with E-state index in [4.69, 9.17) is 9.47 Å². The first-order valence-corrected chi connectivity index (χ1v) is 7.45. The average Bonchev–Trinajstić information content (AvgIpc) is 2.39. The summed E-state index contributed by atoms with van der Waals surface area (Å²) in [7, 11) is 0. The van der Waals surface area contributed by atoms with E-state index in [1.165, 1.54) is 0 Å². The summed E-state index contributed by atoms with van der Waals surface area (Å²) < 4.78 is 10.2. The van der Waals surface area contributed by atoms with Crippen molar-refractivity contribution in [3.63, 3.8) is 0 Å². The van der Waals surface area contributed by atoms with E-state index in [1.54, 1.807) is 0 Å². The van der Waals surface area contributed by atoms with Crippen LogP contribution in [-0.2, 0) is 19.1 Å². The molecular weight excluding hydrogens is 244 g/mol. The van der Waals surface area contributed by atoms with Gasteiger partial charge in [0.15, 0.2) is 0 Å². The van der Waals surface area contributed by atoms with Crippen molar-refractivity contribution in [2.75, 3.05) is 6.61 Å². The Morgan fingerprint density at radius 1 is 0.947 bits per heavy atom. The Bertz CT molecular complexity index is 251. The van der Waals surface area contributed by atoms with Crippen LogP contribution in [0.25, 0.3) is 0 Å². The van der Waals surface area contributed by atoms with Gasteiger partial charge in [0.05, 0.1) is 25.6 Å². The molecule has 4 heteroatoms. The summed E-state index contributed by atoms with van der Waals surface area (Å²) in [6.07, 6.45) is 6.23. The maximum atomic E-state index is 11.5. The normalized spacial score (nSPS) is 11.9. The SMILES string of the molecule is CCCCCOC(=O)CCC(=O)OC(C)CCCC. The number of carbonyl (C=O) groups excluding carboxylic acids is 2. The zero-order valence-electron chi connectivity index (χ0n) is 12.6. The fourth-order valence-corrected chi connectivity index (χ4v) is 1.65. The summed E-state index contributed by atoms with van der Waals surface area (Å²) in [4.78, 5) is 22.8. The third-order valence-corrected chi connectivity index (χ3v) is 2.84. The highest BCUT2D eigenvalue weighted by Crippen LogP contribution is 2.06. The topological polar surface area (TPSA) is 52.6 Å². The summed E-state index contributed by atoms with van der Waals surface area (Å²) in [5.41, 5.74) is 0. The molecule has 0 heterocycles. The van der Waals surface area contributed by atoms with Crippen LogP contribution in [0.3, 0.4) is 0 Å². The van der Waals surface area contributed by atoms with Gasteiger partial charge in [0.25, 0.3) is 0 Å². The molecule has 0 rings (SSSR count). The maximum Gasteiger partial charge on any atom is 0.306 e. The molecule has 112 valence electrons. The molecule has 0 aromatic heterocycles. The second kappa shape index (κ2) is 12.0. The first-order valence-electron chi connectivity index (χ1n) is 7.45. The summed E-state index contributed by atoms with van der Waals surface area (Å²) in [6, 6.07) is 0. The minimum atomic E-state index is -0.311. The van der Waals surface area contributed by atoms with Crippen LogP contribution in [0.1, 0.15) is 72.1 Å². The molecule has 0 aliphatic rings. The number of hydrogen-bond donors (Lipinski definition) is 0. The molecule has 0 aliphatic carbocycles. The van der Waals surface area contributed by atoms with E-state index in [9.17, 15) is 9.59 Å². The second-order valence-corrected chi connectivity index (χ2v) is 4.87. The largest absolute Gasteiger partial charge is 0.466 e. The third-order valence-electron chi connectivity index (χ3n) is 2.84. The van der Waals surface area contributed by atoms with Gasteiger partial charge in [-0.05, 0) is 19.8 Å². The van der Waals surface area contributed by atoms with Crippen molar-refractivity contribution in [1.82, 2.24) is 0 Å². The molecule has 0 aromatic carbocycles. The van der Waals surface area contributed by atoms with E-state index in [2.05, 4.69) is 13.8 Å². The zero-order valence-corrected chi connectivity index (χ0v) is 12.6. The number of carbonyl (C=O) groups is 2. The predicted octanol–water partition coefficient (Wildman–Crippen LogP) is 3.62. The van der Waals surface area contributed by atoms with Gasteiger partial charge in [-0.3, -0.25) is 9.59 Å². The summed E-state index contributed by atoms with van der Waals surface area (Å²) in [5.74, 6) is -0.622. The van der Waals surface area contributed by atoms with Crippen molar-refractivity contribution < 1.29 is 19.1 Å². The highest BCUT2D eigenvalue weighted by molar-refractivity contribution is 5.77. The molecule has 4 nitrogen and oxygen atoms in total. The van der Waals surface area contributed by atoms with Gasteiger partial charge < -0.3 is 9.47 Å². The first kappa shape index (κ1) is 17.9. The van der Waals surface area contributed by atoms with E-state index >= 15 is 0 Å². The van der Waals surface area contributed by atoms with E-state index in [-0.39, 0.29) is 30.9 Å². The van der Waals surface area contributed by atoms with Crippen LogP contribution in [0.4, 0.5) is 0 Å². The van der Waals surface area contributed by atoms with Gasteiger partial charge >= 0.3 is 11.9 Å². The Morgan fingerprint density at radius 3 is 2.21 bits per heavy atom. The Hall–Kier alpha value is -1.06. The second-order valence-electron chi connectivity index (χ2n) is 4.87. The molecule has 0 N–H and O–H groups in total. The standard InChI is InChI=1S/C15H28O4/c1-4-6-8-12-18-14(16)10-11-15(17)19-13(3)9-7-5-2/h13H,4-12H2,1-3H3. The van der Waals surface area contributed by atoms with Crippen LogP contribution < -0.4 is 0 Å². The van der Waals surface area contributed by atoms with E-state index in [0.717, 1.165) is 38.5 Å². The Balaban J connectivity index is 3.57. The van der Waals surface area contributed by atoms with Gasteiger partial charge in [-0.1, -0.05) is 39.5 Å². The molecule has 0 aromatic rings. The highest BCUT2D eigenvalue weighted by atomic mass is 16.5. The van der Waals surface area contributed by atoms with E-state index < -0.39 is 0 Å².